The number of para-hydroxylation sites is 1. The fourth-order valence-corrected chi connectivity index (χ4v) is 2.40. The second kappa shape index (κ2) is 6.13. The predicted octanol–water partition coefficient (Wildman–Crippen LogP) is 3.19. The van der Waals surface area contributed by atoms with Crippen molar-refractivity contribution in [2.75, 3.05) is 30.0 Å². The van der Waals surface area contributed by atoms with Crippen LogP contribution in [-0.2, 0) is 0 Å². The van der Waals surface area contributed by atoms with Gasteiger partial charge in [-0.2, -0.15) is 0 Å². The summed E-state index contributed by atoms with van der Waals surface area (Å²) in [7, 11) is 3.79. The van der Waals surface area contributed by atoms with Gasteiger partial charge in [0.1, 0.15) is 0 Å². The zero-order valence-corrected chi connectivity index (χ0v) is 13.5. The van der Waals surface area contributed by atoms with Crippen LogP contribution in [0.15, 0.2) is 42.5 Å². The van der Waals surface area contributed by atoms with Gasteiger partial charge in [-0.25, -0.2) is 0 Å². The van der Waals surface area contributed by atoms with Crippen molar-refractivity contribution in [3.05, 3.63) is 51.6 Å². The first kappa shape index (κ1) is 14.6. The Kier molecular flexibility index (Phi) is 4.49. The number of anilines is 3. The maximum absolute atomic E-state index is 12.4. The third-order valence-corrected chi connectivity index (χ3v) is 3.81. The zero-order valence-electron chi connectivity index (χ0n) is 11.4. The van der Waals surface area contributed by atoms with Gasteiger partial charge in [-0.1, -0.05) is 12.1 Å². The molecule has 0 radical (unpaired) electrons. The summed E-state index contributed by atoms with van der Waals surface area (Å²) in [6.07, 6.45) is 0. The van der Waals surface area contributed by atoms with Gasteiger partial charge < -0.3 is 16.0 Å². The minimum Gasteiger partial charge on any atom is -0.399 e. The summed E-state index contributed by atoms with van der Waals surface area (Å²) >= 11 is 2.19. The number of nitrogens with zero attached hydrogens (tertiary/aromatic N) is 1. The molecule has 2 aromatic rings. The molecular weight excluding hydrogens is 365 g/mol. The highest BCUT2D eigenvalue weighted by Gasteiger charge is 2.14. The van der Waals surface area contributed by atoms with Crippen LogP contribution >= 0.6 is 22.6 Å². The quantitative estimate of drug-likeness (QED) is 0.634. The molecule has 0 aromatic heterocycles. The number of benzene rings is 2. The summed E-state index contributed by atoms with van der Waals surface area (Å²) in [6.45, 7) is 0. The Hall–Kier alpha value is -1.76. The molecule has 2 rings (SSSR count). The van der Waals surface area contributed by atoms with E-state index >= 15 is 0 Å². The maximum Gasteiger partial charge on any atom is 0.257 e. The highest BCUT2D eigenvalue weighted by atomic mass is 127. The molecule has 0 bridgehead atoms. The molecule has 0 saturated carbocycles. The van der Waals surface area contributed by atoms with Crippen LogP contribution in [0.2, 0.25) is 0 Å². The SMILES string of the molecule is CN(C)c1ccc(N)cc1C(=O)Nc1ccccc1I. The van der Waals surface area contributed by atoms with Crippen LogP contribution in [0.25, 0.3) is 0 Å². The number of carbonyl (C=O) groups excluding carboxylic acids is 1. The fraction of sp³-hybridized carbons (Fsp3) is 0.133. The topological polar surface area (TPSA) is 58.4 Å². The van der Waals surface area contributed by atoms with E-state index in [2.05, 4.69) is 27.9 Å². The van der Waals surface area contributed by atoms with Crippen LogP contribution in [0.5, 0.6) is 0 Å². The van der Waals surface area contributed by atoms with Crippen LogP contribution in [0.1, 0.15) is 10.4 Å². The van der Waals surface area contributed by atoms with Crippen LogP contribution in [0.4, 0.5) is 17.1 Å². The minimum absolute atomic E-state index is 0.162. The van der Waals surface area contributed by atoms with Crippen molar-refractivity contribution in [2.45, 2.75) is 0 Å². The number of nitrogens with one attached hydrogen (secondary N) is 1. The van der Waals surface area contributed by atoms with Crippen LogP contribution in [0, 0.1) is 3.57 Å². The molecule has 20 heavy (non-hydrogen) atoms. The minimum atomic E-state index is -0.162. The summed E-state index contributed by atoms with van der Waals surface area (Å²) in [5.74, 6) is -0.162. The van der Waals surface area contributed by atoms with E-state index < -0.39 is 0 Å². The molecule has 0 spiro atoms. The van der Waals surface area contributed by atoms with Crippen LogP contribution < -0.4 is 16.0 Å². The third kappa shape index (κ3) is 3.22. The average Bonchev–Trinajstić information content (AvgIpc) is 2.40. The molecule has 3 N–H and O–H groups in total. The Balaban J connectivity index is 2.34. The summed E-state index contributed by atoms with van der Waals surface area (Å²) in [6, 6.07) is 13.0. The van der Waals surface area contributed by atoms with Crippen molar-refractivity contribution in [3.63, 3.8) is 0 Å². The normalized spacial score (nSPS) is 10.2. The van der Waals surface area contributed by atoms with Gasteiger partial charge in [0.15, 0.2) is 0 Å². The highest BCUT2D eigenvalue weighted by molar-refractivity contribution is 14.1. The number of hydrogen-bond donors (Lipinski definition) is 2. The molecule has 2 aromatic carbocycles. The van der Waals surface area contributed by atoms with Gasteiger partial charge in [0.25, 0.3) is 5.91 Å². The monoisotopic (exact) mass is 381 g/mol. The number of rotatable bonds is 3. The van der Waals surface area contributed by atoms with Gasteiger partial charge in [-0.3, -0.25) is 4.79 Å². The predicted molar refractivity (Wildman–Crippen MR) is 92.3 cm³/mol. The van der Waals surface area contributed by atoms with Crippen molar-refractivity contribution in [2.24, 2.45) is 0 Å². The zero-order chi connectivity index (χ0) is 14.7. The Morgan fingerprint density at radius 2 is 1.90 bits per heavy atom. The highest BCUT2D eigenvalue weighted by Crippen LogP contribution is 2.24. The van der Waals surface area contributed by atoms with Crippen molar-refractivity contribution >= 4 is 45.6 Å². The molecule has 0 fully saturated rings. The second-order valence-corrected chi connectivity index (χ2v) is 5.77. The number of hydrogen-bond acceptors (Lipinski definition) is 3. The lowest BCUT2D eigenvalue weighted by molar-refractivity contribution is 0.102. The molecule has 104 valence electrons. The van der Waals surface area contributed by atoms with Crippen molar-refractivity contribution in [1.29, 1.82) is 0 Å². The van der Waals surface area contributed by atoms with Crippen LogP contribution in [0.3, 0.4) is 0 Å². The first-order valence-electron chi connectivity index (χ1n) is 6.12. The van der Waals surface area contributed by atoms with Gasteiger partial charge >= 0.3 is 0 Å². The molecule has 0 unspecified atom stereocenters. The second-order valence-electron chi connectivity index (χ2n) is 4.60. The number of nitrogens with two attached hydrogens (primary N) is 1. The molecule has 0 aliphatic rings. The van der Waals surface area contributed by atoms with E-state index in [4.69, 9.17) is 5.73 Å². The molecule has 0 aliphatic carbocycles. The van der Waals surface area contributed by atoms with Gasteiger partial charge in [-0.15, -0.1) is 0 Å². The lowest BCUT2D eigenvalue weighted by atomic mass is 10.1. The van der Waals surface area contributed by atoms with Gasteiger partial charge in [-0.05, 0) is 52.9 Å². The van der Waals surface area contributed by atoms with Crippen LogP contribution in [-0.4, -0.2) is 20.0 Å². The van der Waals surface area contributed by atoms with Crippen molar-refractivity contribution < 1.29 is 4.79 Å². The molecule has 1 amide bonds. The third-order valence-electron chi connectivity index (χ3n) is 2.87. The molecule has 0 saturated heterocycles. The number of halogens is 1. The molecule has 5 heteroatoms. The van der Waals surface area contributed by atoms with Gasteiger partial charge in [0.05, 0.1) is 11.3 Å². The standard InChI is InChI=1S/C15H16IN3O/c1-19(2)14-8-7-10(17)9-11(14)15(20)18-13-6-4-3-5-12(13)16/h3-9H,17H2,1-2H3,(H,18,20). The Morgan fingerprint density at radius 3 is 2.55 bits per heavy atom. The molecular formula is C15H16IN3O. The Morgan fingerprint density at radius 1 is 1.20 bits per heavy atom. The van der Waals surface area contributed by atoms with Crippen molar-refractivity contribution in [1.82, 2.24) is 0 Å². The Bertz CT molecular complexity index is 641. The Labute approximate surface area is 132 Å². The van der Waals surface area contributed by atoms with Gasteiger partial charge in [0, 0.05) is 29.0 Å². The summed E-state index contributed by atoms with van der Waals surface area (Å²) in [5.41, 5.74) is 8.56. The first-order chi connectivity index (χ1) is 9.49. The average molecular weight is 381 g/mol. The van der Waals surface area contributed by atoms with E-state index in [0.717, 1.165) is 14.9 Å². The molecule has 0 aliphatic heterocycles. The van der Waals surface area contributed by atoms with E-state index in [1.165, 1.54) is 0 Å². The largest absolute Gasteiger partial charge is 0.399 e. The first-order valence-corrected chi connectivity index (χ1v) is 7.19. The summed E-state index contributed by atoms with van der Waals surface area (Å²) in [4.78, 5) is 14.3. The van der Waals surface area contributed by atoms with E-state index in [9.17, 15) is 4.79 Å². The summed E-state index contributed by atoms with van der Waals surface area (Å²) in [5, 5.41) is 2.92. The maximum atomic E-state index is 12.4. The summed E-state index contributed by atoms with van der Waals surface area (Å²) < 4.78 is 0.994. The van der Waals surface area contributed by atoms with E-state index in [0.29, 0.717) is 11.3 Å². The fourth-order valence-electron chi connectivity index (χ4n) is 1.88. The smallest absolute Gasteiger partial charge is 0.257 e. The van der Waals surface area contributed by atoms with Crippen molar-refractivity contribution in [3.8, 4) is 0 Å². The van der Waals surface area contributed by atoms with E-state index in [-0.39, 0.29) is 5.91 Å². The number of amides is 1. The molecule has 0 heterocycles. The number of carbonyl (C=O) groups is 1. The number of nitrogen functional groups attached to an aromatic ring is 1. The molecule has 0 atom stereocenters. The van der Waals surface area contributed by atoms with Gasteiger partial charge in [0.2, 0.25) is 0 Å². The molecule has 4 nitrogen and oxygen atoms in total. The van der Waals surface area contributed by atoms with E-state index in [1.54, 1.807) is 12.1 Å². The lowest BCUT2D eigenvalue weighted by Gasteiger charge is -2.18. The lowest BCUT2D eigenvalue weighted by Crippen LogP contribution is -2.19. The van der Waals surface area contributed by atoms with E-state index in [1.807, 2.05) is 49.3 Å².